The summed E-state index contributed by atoms with van der Waals surface area (Å²) in [4.78, 5) is 21.6. The van der Waals surface area contributed by atoms with Gasteiger partial charge in [-0.05, 0) is 12.1 Å². The Kier molecular flexibility index (Phi) is 1.98. The van der Waals surface area contributed by atoms with E-state index < -0.39 is 0 Å². The Morgan fingerprint density at radius 3 is 2.64 bits per heavy atom. The molecule has 70 valence electrons. The number of nitrogens with two attached hydrogens (primary N) is 1. The number of pyridine rings is 1. The second kappa shape index (κ2) is 3.29. The highest BCUT2D eigenvalue weighted by Crippen LogP contribution is 2.10. The van der Waals surface area contributed by atoms with Crippen LogP contribution < -0.4 is 11.3 Å². The Hall–Kier alpha value is -2.17. The molecule has 0 fully saturated rings. The van der Waals surface area contributed by atoms with Crippen LogP contribution in [0.25, 0.3) is 11.4 Å². The van der Waals surface area contributed by atoms with E-state index in [4.69, 9.17) is 5.73 Å². The summed E-state index contributed by atoms with van der Waals surface area (Å²) in [5, 5.41) is 0. The maximum Gasteiger partial charge on any atom is 0.274 e. The smallest absolute Gasteiger partial charge is 0.274 e. The van der Waals surface area contributed by atoms with Crippen LogP contribution in [0.3, 0.4) is 0 Å². The van der Waals surface area contributed by atoms with Gasteiger partial charge in [-0.25, -0.2) is 4.98 Å². The summed E-state index contributed by atoms with van der Waals surface area (Å²) in [5.41, 5.74) is 5.94. The molecule has 0 aliphatic rings. The third-order valence-electron chi connectivity index (χ3n) is 1.78. The van der Waals surface area contributed by atoms with Gasteiger partial charge in [-0.3, -0.25) is 9.78 Å². The van der Waals surface area contributed by atoms with Crippen molar-refractivity contribution in [1.82, 2.24) is 15.0 Å². The number of nitrogen functional groups attached to an aromatic ring is 1. The van der Waals surface area contributed by atoms with Crippen molar-refractivity contribution in [1.29, 1.82) is 0 Å². The van der Waals surface area contributed by atoms with Crippen molar-refractivity contribution >= 4 is 5.69 Å². The van der Waals surface area contributed by atoms with Gasteiger partial charge in [0.15, 0.2) is 0 Å². The molecular weight excluding hydrogens is 180 g/mol. The Labute approximate surface area is 79.6 Å². The molecule has 0 unspecified atom stereocenters. The molecule has 0 spiro atoms. The first-order valence-electron chi connectivity index (χ1n) is 4.02. The molecule has 3 N–H and O–H groups in total. The number of H-pyrrole nitrogens is 1. The number of nitrogens with zero attached hydrogens (tertiary/aromatic N) is 2. The Bertz CT molecular complexity index is 492. The largest absolute Gasteiger partial charge is 0.393 e. The van der Waals surface area contributed by atoms with Crippen molar-refractivity contribution in [3.63, 3.8) is 0 Å². The van der Waals surface area contributed by atoms with Crippen LogP contribution >= 0.6 is 0 Å². The Balaban J connectivity index is 2.54. The van der Waals surface area contributed by atoms with E-state index in [-0.39, 0.29) is 11.2 Å². The standard InChI is InChI=1S/C9H8N4O/c10-7-5-12-8(13-9(7)14)6-1-3-11-4-2-6/h1-5H,10H2,(H,12,13,14). The zero-order chi connectivity index (χ0) is 9.97. The molecule has 14 heavy (non-hydrogen) atoms. The fourth-order valence-corrected chi connectivity index (χ4v) is 1.06. The fourth-order valence-electron chi connectivity index (χ4n) is 1.06. The second-order valence-corrected chi connectivity index (χ2v) is 2.75. The van der Waals surface area contributed by atoms with Crippen LogP contribution in [0.1, 0.15) is 0 Å². The predicted octanol–water partition coefficient (Wildman–Crippen LogP) is 0.414. The summed E-state index contributed by atoms with van der Waals surface area (Å²) in [7, 11) is 0. The van der Waals surface area contributed by atoms with Gasteiger partial charge in [-0.2, -0.15) is 0 Å². The quantitative estimate of drug-likeness (QED) is 0.679. The first kappa shape index (κ1) is 8.43. The summed E-state index contributed by atoms with van der Waals surface area (Å²) in [6, 6.07) is 3.52. The molecule has 0 amide bonds. The lowest BCUT2D eigenvalue weighted by molar-refractivity contribution is 1.13. The van der Waals surface area contributed by atoms with E-state index in [0.29, 0.717) is 5.82 Å². The van der Waals surface area contributed by atoms with Gasteiger partial charge in [0.05, 0.1) is 6.20 Å². The highest BCUT2D eigenvalue weighted by atomic mass is 16.1. The van der Waals surface area contributed by atoms with E-state index in [9.17, 15) is 4.79 Å². The third kappa shape index (κ3) is 1.47. The maximum absolute atomic E-state index is 11.2. The number of rotatable bonds is 1. The first-order chi connectivity index (χ1) is 6.77. The summed E-state index contributed by atoms with van der Waals surface area (Å²) >= 11 is 0. The van der Waals surface area contributed by atoms with Gasteiger partial charge >= 0.3 is 0 Å². The average Bonchev–Trinajstić information content (AvgIpc) is 2.23. The lowest BCUT2D eigenvalue weighted by Crippen LogP contribution is -2.13. The maximum atomic E-state index is 11.2. The van der Waals surface area contributed by atoms with E-state index in [1.165, 1.54) is 6.20 Å². The first-order valence-corrected chi connectivity index (χ1v) is 4.02. The van der Waals surface area contributed by atoms with Crippen molar-refractivity contribution in [3.05, 3.63) is 41.1 Å². The molecule has 0 atom stereocenters. The lowest BCUT2D eigenvalue weighted by atomic mass is 10.2. The van der Waals surface area contributed by atoms with Gasteiger partial charge < -0.3 is 10.7 Å². The number of hydrogen-bond acceptors (Lipinski definition) is 4. The number of anilines is 1. The van der Waals surface area contributed by atoms with E-state index >= 15 is 0 Å². The Morgan fingerprint density at radius 2 is 2.00 bits per heavy atom. The number of hydrogen-bond donors (Lipinski definition) is 2. The highest BCUT2D eigenvalue weighted by Gasteiger charge is 2.00. The van der Waals surface area contributed by atoms with Crippen molar-refractivity contribution < 1.29 is 0 Å². The van der Waals surface area contributed by atoms with Crippen LogP contribution in [0.2, 0.25) is 0 Å². The molecule has 0 saturated heterocycles. The fraction of sp³-hybridized carbons (Fsp3) is 0. The number of nitrogens with one attached hydrogen (secondary N) is 1. The monoisotopic (exact) mass is 188 g/mol. The molecule has 2 rings (SSSR count). The molecule has 0 bridgehead atoms. The van der Waals surface area contributed by atoms with Gasteiger partial charge in [0.2, 0.25) is 0 Å². The lowest BCUT2D eigenvalue weighted by Gasteiger charge is -1.99. The minimum Gasteiger partial charge on any atom is -0.393 e. The minimum atomic E-state index is -0.327. The van der Waals surface area contributed by atoms with Crippen LogP contribution in [0.5, 0.6) is 0 Å². The van der Waals surface area contributed by atoms with Crippen molar-refractivity contribution in [3.8, 4) is 11.4 Å². The van der Waals surface area contributed by atoms with E-state index in [2.05, 4.69) is 15.0 Å². The van der Waals surface area contributed by atoms with Gasteiger partial charge in [0.1, 0.15) is 11.5 Å². The topological polar surface area (TPSA) is 84.7 Å². The summed E-state index contributed by atoms with van der Waals surface area (Å²) in [6.45, 7) is 0. The predicted molar refractivity (Wildman–Crippen MR) is 52.5 cm³/mol. The normalized spacial score (nSPS) is 10.0. The van der Waals surface area contributed by atoms with E-state index in [1.54, 1.807) is 24.5 Å². The third-order valence-corrected chi connectivity index (χ3v) is 1.78. The van der Waals surface area contributed by atoms with Crippen molar-refractivity contribution in [2.45, 2.75) is 0 Å². The average molecular weight is 188 g/mol. The molecule has 0 aromatic carbocycles. The van der Waals surface area contributed by atoms with Crippen LogP contribution in [0, 0.1) is 0 Å². The van der Waals surface area contributed by atoms with Crippen LogP contribution in [-0.2, 0) is 0 Å². The number of aromatic nitrogens is 3. The van der Waals surface area contributed by atoms with Gasteiger partial charge in [-0.15, -0.1) is 0 Å². The summed E-state index contributed by atoms with van der Waals surface area (Å²) in [5.74, 6) is 0.492. The highest BCUT2D eigenvalue weighted by molar-refractivity contribution is 5.54. The Morgan fingerprint density at radius 1 is 1.29 bits per heavy atom. The number of aromatic amines is 1. The summed E-state index contributed by atoms with van der Waals surface area (Å²) in [6.07, 6.45) is 4.60. The van der Waals surface area contributed by atoms with Crippen molar-refractivity contribution in [2.75, 3.05) is 5.73 Å². The van der Waals surface area contributed by atoms with Gasteiger partial charge in [0.25, 0.3) is 5.56 Å². The minimum absolute atomic E-state index is 0.114. The molecule has 5 heteroatoms. The van der Waals surface area contributed by atoms with Crippen LogP contribution in [-0.4, -0.2) is 15.0 Å². The molecule has 2 aromatic rings. The van der Waals surface area contributed by atoms with Gasteiger partial charge in [0, 0.05) is 18.0 Å². The second-order valence-electron chi connectivity index (χ2n) is 2.75. The molecule has 2 aromatic heterocycles. The summed E-state index contributed by atoms with van der Waals surface area (Å²) < 4.78 is 0. The zero-order valence-corrected chi connectivity index (χ0v) is 7.27. The zero-order valence-electron chi connectivity index (χ0n) is 7.27. The van der Waals surface area contributed by atoms with E-state index in [1.807, 2.05) is 0 Å². The van der Waals surface area contributed by atoms with Crippen molar-refractivity contribution in [2.24, 2.45) is 0 Å². The van der Waals surface area contributed by atoms with Crippen LogP contribution in [0.4, 0.5) is 5.69 Å². The van der Waals surface area contributed by atoms with E-state index in [0.717, 1.165) is 5.56 Å². The van der Waals surface area contributed by atoms with Crippen LogP contribution in [0.15, 0.2) is 35.5 Å². The molecule has 0 aliphatic carbocycles. The molecule has 5 nitrogen and oxygen atoms in total. The molecule has 0 saturated carbocycles. The SMILES string of the molecule is Nc1cnc(-c2ccncc2)[nH]c1=O. The van der Waals surface area contributed by atoms with Gasteiger partial charge in [-0.1, -0.05) is 0 Å². The molecule has 0 aliphatic heterocycles. The molecule has 0 radical (unpaired) electrons. The molecule has 2 heterocycles. The molecular formula is C9H8N4O.